The normalized spacial score (nSPS) is 11.8. The first-order chi connectivity index (χ1) is 8.79. The Balaban J connectivity index is 2.81. The number of carbonyl (C=O) groups excluding carboxylic acids is 1. The van der Waals surface area contributed by atoms with Crippen LogP contribution in [0.1, 0.15) is 37.2 Å². The van der Waals surface area contributed by atoms with Crippen molar-refractivity contribution in [3.05, 3.63) is 18.0 Å². The molecule has 0 aliphatic heterocycles. The van der Waals surface area contributed by atoms with Crippen molar-refractivity contribution in [3.8, 4) is 0 Å². The molecule has 0 radical (unpaired) electrons. The zero-order chi connectivity index (χ0) is 14.6. The Bertz CT molecular complexity index is 545. The second kappa shape index (κ2) is 6.21. The van der Waals surface area contributed by atoms with Gasteiger partial charge in [-0.05, 0) is 12.0 Å². The molecule has 1 amide bonds. The van der Waals surface area contributed by atoms with Crippen molar-refractivity contribution in [2.45, 2.75) is 31.6 Å². The lowest BCUT2D eigenvalue weighted by Crippen LogP contribution is -2.30. The van der Waals surface area contributed by atoms with Crippen molar-refractivity contribution < 1.29 is 13.2 Å². The molecule has 0 unspecified atom stereocenters. The van der Waals surface area contributed by atoms with Gasteiger partial charge in [-0.1, -0.05) is 26.7 Å². The molecule has 0 saturated heterocycles. The molecule has 0 aromatic carbocycles. The van der Waals surface area contributed by atoms with Gasteiger partial charge in [-0.3, -0.25) is 4.79 Å². The fourth-order valence-electron chi connectivity index (χ4n) is 1.82. The first kappa shape index (κ1) is 15.7. The highest BCUT2D eigenvalue weighted by atomic mass is 32.2. The average Bonchev–Trinajstić information content (AvgIpc) is 2.72. The molecule has 0 atom stereocenters. The van der Waals surface area contributed by atoms with Crippen molar-refractivity contribution in [1.29, 1.82) is 0 Å². The van der Waals surface area contributed by atoms with E-state index in [9.17, 15) is 13.2 Å². The van der Waals surface area contributed by atoms with Crippen LogP contribution in [0.25, 0.3) is 0 Å². The van der Waals surface area contributed by atoms with Crippen LogP contribution in [0.15, 0.2) is 17.2 Å². The molecule has 0 saturated carbocycles. The summed E-state index contributed by atoms with van der Waals surface area (Å²) in [5.74, 6) is 0.145. The van der Waals surface area contributed by atoms with E-state index in [0.717, 1.165) is 12.8 Å². The Morgan fingerprint density at radius 1 is 1.42 bits per heavy atom. The molecule has 0 fully saturated rings. The fourth-order valence-corrected chi connectivity index (χ4v) is 2.40. The largest absolute Gasteiger partial charge is 0.350 e. The molecule has 0 aliphatic rings. The van der Waals surface area contributed by atoms with Crippen molar-refractivity contribution in [1.82, 2.24) is 9.88 Å². The van der Waals surface area contributed by atoms with Gasteiger partial charge in [0.05, 0.1) is 0 Å². The quantitative estimate of drug-likeness (QED) is 0.811. The molecule has 6 nitrogen and oxygen atoms in total. The maximum Gasteiger partial charge on any atom is 0.267 e. The Morgan fingerprint density at radius 3 is 2.42 bits per heavy atom. The summed E-state index contributed by atoms with van der Waals surface area (Å²) in [7, 11) is -2.17. The van der Waals surface area contributed by atoms with Gasteiger partial charge in [0.25, 0.3) is 5.91 Å². The van der Waals surface area contributed by atoms with Crippen LogP contribution < -0.4 is 10.5 Å². The van der Waals surface area contributed by atoms with Crippen LogP contribution in [0.3, 0.4) is 0 Å². The molecule has 1 heterocycles. The standard InChI is InChI=1S/C12H21N3O3S/c1-4-9(5-2)7-14-12(16)11-6-10(8-15(11)3)19(13,17)18/h6,8-9H,4-5,7H2,1-3H3,(H,14,16)(H2,13,17,18). The van der Waals surface area contributed by atoms with Gasteiger partial charge in [-0.25, -0.2) is 13.6 Å². The molecule has 1 aromatic heterocycles. The third-order valence-corrected chi connectivity index (χ3v) is 4.13. The number of carbonyl (C=O) groups is 1. The number of nitrogens with two attached hydrogens (primary N) is 1. The van der Waals surface area contributed by atoms with Crippen molar-refractivity contribution in [2.75, 3.05) is 6.54 Å². The number of hydrogen-bond acceptors (Lipinski definition) is 3. The second-order valence-electron chi connectivity index (χ2n) is 4.61. The van der Waals surface area contributed by atoms with Crippen molar-refractivity contribution >= 4 is 15.9 Å². The van der Waals surface area contributed by atoms with E-state index >= 15 is 0 Å². The summed E-state index contributed by atoms with van der Waals surface area (Å²) in [6, 6.07) is 1.29. The van der Waals surface area contributed by atoms with E-state index in [0.29, 0.717) is 12.5 Å². The molecular formula is C12H21N3O3S. The monoisotopic (exact) mass is 287 g/mol. The summed E-state index contributed by atoms with van der Waals surface area (Å²) in [6.07, 6.45) is 3.32. The van der Waals surface area contributed by atoms with Crippen molar-refractivity contribution in [3.63, 3.8) is 0 Å². The first-order valence-corrected chi connectivity index (χ1v) is 7.81. The van der Waals surface area contributed by atoms with E-state index < -0.39 is 10.0 Å². The predicted molar refractivity (Wildman–Crippen MR) is 73.2 cm³/mol. The summed E-state index contributed by atoms with van der Waals surface area (Å²) in [5.41, 5.74) is 0.287. The minimum Gasteiger partial charge on any atom is -0.350 e. The maximum absolute atomic E-state index is 12.0. The van der Waals surface area contributed by atoms with Crippen LogP contribution in [0.4, 0.5) is 0 Å². The third kappa shape index (κ3) is 4.07. The molecule has 1 aromatic rings. The molecule has 1 rings (SSSR count). The second-order valence-corrected chi connectivity index (χ2v) is 6.17. The molecule has 3 N–H and O–H groups in total. The lowest BCUT2D eigenvalue weighted by molar-refractivity contribution is 0.0938. The van der Waals surface area contributed by atoms with Crippen LogP contribution >= 0.6 is 0 Å². The van der Waals surface area contributed by atoms with E-state index in [1.54, 1.807) is 7.05 Å². The molecule has 19 heavy (non-hydrogen) atoms. The molecule has 0 spiro atoms. The summed E-state index contributed by atoms with van der Waals surface area (Å²) in [5, 5.41) is 7.84. The highest BCUT2D eigenvalue weighted by molar-refractivity contribution is 7.89. The predicted octanol–water partition coefficient (Wildman–Crippen LogP) is 0.839. The van der Waals surface area contributed by atoms with E-state index in [2.05, 4.69) is 19.2 Å². The highest BCUT2D eigenvalue weighted by Gasteiger charge is 2.17. The van der Waals surface area contributed by atoms with Crippen LogP contribution in [-0.4, -0.2) is 25.4 Å². The fraction of sp³-hybridized carbons (Fsp3) is 0.583. The number of sulfonamides is 1. The average molecular weight is 287 g/mol. The Kier molecular flexibility index (Phi) is 5.13. The lowest BCUT2D eigenvalue weighted by atomic mass is 10.0. The number of primary sulfonamides is 1. The van der Waals surface area contributed by atoms with E-state index in [1.807, 2.05) is 0 Å². The maximum atomic E-state index is 12.0. The molecule has 0 aliphatic carbocycles. The third-order valence-electron chi connectivity index (χ3n) is 3.25. The van der Waals surface area contributed by atoms with Crippen LogP contribution in [0.5, 0.6) is 0 Å². The van der Waals surface area contributed by atoms with E-state index in [1.165, 1.54) is 16.8 Å². The van der Waals surface area contributed by atoms with Gasteiger partial charge in [0, 0.05) is 19.8 Å². The Morgan fingerprint density at radius 2 is 2.00 bits per heavy atom. The minimum absolute atomic E-state index is 0.0531. The summed E-state index contributed by atoms with van der Waals surface area (Å²) in [4.78, 5) is 11.9. The van der Waals surface area contributed by atoms with Gasteiger partial charge in [0.15, 0.2) is 0 Å². The van der Waals surface area contributed by atoms with Crippen LogP contribution in [0.2, 0.25) is 0 Å². The van der Waals surface area contributed by atoms with Gasteiger partial charge < -0.3 is 9.88 Å². The number of nitrogens with one attached hydrogen (secondary N) is 1. The molecule has 108 valence electrons. The summed E-state index contributed by atoms with van der Waals surface area (Å²) >= 11 is 0. The zero-order valence-corrected chi connectivity index (χ0v) is 12.3. The van der Waals surface area contributed by atoms with Gasteiger partial charge in [-0.15, -0.1) is 0 Å². The Labute approximate surface area is 114 Å². The van der Waals surface area contributed by atoms with E-state index in [4.69, 9.17) is 5.14 Å². The number of nitrogens with zero attached hydrogens (tertiary/aromatic N) is 1. The lowest BCUT2D eigenvalue weighted by Gasteiger charge is -2.13. The smallest absolute Gasteiger partial charge is 0.267 e. The number of hydrogen-bond donors (Lipinski definition) is 2. The molecule has 0 bridgehead atoms. The van der Waals surface area contributed by atoms with Crippen LogP contribution in [-0.2, 0) is 17.1 Å². The van der Waals surface area contributed by atoms with Crippen molar-refractivity contribution in [2.24, 2.45) is 18.1 Å². The zero-order valence-electron chi connectivity index (χ0n) is 11.5. The number of aryl methyl sites for hydroxylation is 1. The van der Waals surface area contributed by atoms with Gasteiger partial charge in [-0.2, -0.15) is 0 Å². The van der Waals surface area contributed by atoms with Gasteiger partial charge in [0.1, 0.15) is 10.6 Å². The number of aromatic nitrogens is 1. The molecular weight excluding hydrogens is 266 g/mol. The molecule has 7 heteroatoms. The minimum atomic E-state index is -3.78. The van der Waals surface area contributed by atoms with Gasteiger partial charge >= 0.3 is 0 Å². The SMILES string of the molecule is CCC(CC)CNC(=O)c1cc(S(N)(=O)=O)cn1C. The number of amides is 1. The Hall–Kier alpha value is -1.34. The van der Waals surface area contributed by atoms with E-state index in [-0.39, 0.29) is 16.5 Å². The van der Waals surface area contributed by atoms with Crippen LogP contribution in [0, 0.1) is 5.92 Å². The highest BCUT2D eigenvalue weighted by Crippen LogP contribution is 2.12. The number of rotatable bonds is 6. The topological polar surface area (TPSA) is 94.2 Å². The summed E-state index contributed by atoms with van der Waals surface area (Å²) < 4.78 is 23.9. The summed E-state index contributed by atoms with van der Waals surface area (Å²) in [6.45, 7) is 4.73. The first-order valence-electron chi connectivity index (χ1n) is 6.26. The van der Waals surface area contributed by atoms with Gasteiger partial charge in [0.2, 0.25) is 10.0 Å².